The van der Waals surface area contributed by atoms with E-state index in [-0.39, 0.29) is 5.75 Å². The largest absolute Gasteiger partial charge is 0.493 e. The predicted molar refractivity (Wildman–Crippen MR) is 89.7 cm³/mol. The summed E-state index contributed by atoms with van der Waals surface area (Å²) in [6.07, 6.45) is 1.84. The van der Waals surface area contributed by atoms with E-state index in [9.17, 15) is 13.2 Å². The van der Waals surface area contributed by atoms with Gasteiger partial charge in [0, 0.05) is 6.54 Å². The Hall–Kier alpha value is -2.02. The van der Waals surface area contributed by atoms with E-state index in [1.54, 1.807) is 20.3 Å². The molecule has 1 amide bonds. The molecule has 0 saturated carbocycles. The predicted octanol–water partition coefficient (Wildman–Crippen LogP) is 1.35. The molecule has 1 atom stereocenters. The third-order valence-electron chi connectivity index (χ3n) is 3.42. The average molecular weight is 341 g/mol. The number of benzene rings is 1. The van der Waals surface area contributed by atoms with Crippen LogP contribution in [0.2, 0.25) is 0 Å². The van der Waals surface area contributed by atoms with Gasteiger partial charge in [-0.1, -0.05) is 12.1 Å². The molecule has 23 heavy (non-hydrogen) atoms. The second kappa shape index (κ2) is 8.57. The maximum absolute atomic E-state index is 11.9. The molecule has 0 aromatic heterocycles. The molecule has 6 nitrogen and oxygen atoms in total. The van der Waals surface area contributed by atoms with Crippen LogP contribution in [0.1, 0.15) is 12.5 Å². The van der Waals surface area contributed by atoms with Crippen molar-refractivity contribution in [3.63, 3.8) is 0 Å². The monoisotopic (exact) mass is 341 g/mol. The molecule has 1 aromatic carbocycles. The van der Waals surface area contributed by atoms with Crippen LogP contribution in [0.5, 0.6) is 11.5 Å². The molecule has 1 aromatic rings. The molecular weight excluding hydrogens is 318 g/mol. The van der Waals surface area contributed by atoms with Gasteiger partial charge in [-0.05, 0) is 31.0 Å². The minimum atomic E-state index is -3.49. The summed E-state index contributed by atoms with van der Waals surface area (Å²) in [6.45, 7) is 5.10. The summed E-state index contributed by atoms with van der Waals surface area (Å²) in [7, 11) is -0.381. The van der Waals surface area contributed by atoms with Crippen molar-refractivity contribution in [3.05, 3.63) is 36.4 Å². The zero-order valence-corrected chi connectivity index (χ0v) is 14.5. The number of carbonyl (C=O) groups is 1. The zero-order valence-electron chi connectivity index (χ0n) is 13.7. The summed E-state index contributed by atoms with van der Waals surface area (Å²) in [5.74, 6) is 0.520. The highest BCUT2D eigenvalue weighted by Crippen LogP contribution is 2.27. The number of rotatable bonds is 9. The molecular formula is C16H23NO5S. The fraction of sp³-hybridized carbons (Fsp3) is 0.438. The fourth-order valence-electron chi connectivity index (χ4n) is 1.98. The lowest BCUT2D eigenvalue weighted by atomic mass is 10.1. The first kappa shape index (κ1) is 19.0. The quantitative estimate of drug-likeness (QED) is 0.686. The number of sulfone groups is 1. The van der Waals surface area contributed by atoms with Crippen molar-refractivity contribution >= 4 is 15.7 Å². The third-order valence-corrected chi connectivity index (χ3v) is 5.41. The van der Waals surface area contributed by atoms with Gasteiger partial charge in [0.1, 0.15) is 5.25 Å². The summed E-state index contributed by atoms with van der Waals surface area (Å²) < 4.78 is 34.0. The fourth-order valence-corrected chi connectivity index (χ4v) is 3.01. The molecule has 128 valence electrons. The minimum absolute atomic E-state index is 0.211. The Morgan fingerprint density at radius 1 is 1.30 bits per heavy atom. The summed E-state index contributed by atoms with van der Waals surface area (Å²) in [4.78, 5) is 11.9. The van der Waals surface area contributed by atoms with Crippen LogP contribution in [-0.4, -0.2) is 46.1 Å². The second-order valence-electron chi connectivity index (χ2n) is 4.99. The number of amides is 1. The second-order valence-corrected chi connectivity index (χ2v) is 7.36. The van der Waals surface area contributed by atoms with Gasteiger partial charge < -0.3 is 14.8 Å². The van der Waals surface area contributed by atoms with Crippen LogP contribution < -0.4 is 14.8 Å². The van der Waals surface area contributed by atoms with Crippen molar-refractivity contribution in [1.82, 2.24) is 5.32 Å². The van der Waals surface area contributed by atoms with E-state index in [1.807, 2.05) is 12.1 Å². The molecule has 0 spiro atoms. The van der Waals surface area contributed by atoms with Gasteiger partial charge in [0.05, 0.1) is 20.0 Å². The summed E-state index contributed by atoms with van der Waals surface area (Å²) in [6, 6.07) is 5.47. The van der Waals surface area contributed by atoms with Crippen molar-refractivity contribution < 1.29 is 22.7 Å². The maximum Gasteiger partial charge on any atom is 0.238 e. The van der Waals surface area contributed by atoms with Gasteiger partial charge >= 0.3 is 0 Å². The highest BCUT2D eigenvalue weighted by molar-refractivity contribution is 7.92. The number of methoxy groups -OCH3 is 2. The van der Waals surface area contributed by atoms with Crippen LogP contribution >= 0.6 is 0 Å². The van der Waals surface area contributed by atoms with E-state index in [0.29, 0.717) is 24.5 Å². The standard InChI is InChI=1S/C16H23NO5S/c1-5-10-23(19,20)12(2)16(18)17-9-8-13-6-7-14(21-3)15(11-13)22-4/h5-7,11-12H,1,8-10H2,2-4H3,(H,17,18). The van der Waals surface area contributed by atoms with Crippen LogP contribution in [0.15, 0.2) is 30.9 Å². The van der Waals surface area contributed by atoms with Crippen LogP contribution in [0.3, 0.4) is 0 Å². The minimum Gasteiger partial charge on any atom is -0.493 e. The Kier molecular flexibility index (Phi) is 7.09. The van der Waals surface area contributed by atoms with Gasteiger partial charge in [-0.3, -0.25) is 4.79 Å². The number of hydrogen-bond donors (Lipinski definition) is 1. The van der Waals surface area contributed by atoms with Crippen molar-refractivity contribution in [2.45, 2.75) is 18.6 Å². The number of ether oxygens (including phenoxy) is 2. The van der Waals surface area contributed by atoms with E-state index in [0.717, 1.165) is 5.56 Å². The van der Waals surface area contributed by atoms with E-state index in [4.69, 9.17) is 9.47 Å². The highest BCUT2D eigenvalue weighted by atomic mass is 32.2. The summed E-state index contributed by atoms with van der Waals surface area (Å²) in [5.41, 5.74) is 0.949. The van der Waals surface area contributed by atoms with Crippen molar-refractivity contribution in [2.24, 2.45) is 0 Å². The Balaban J connectivity index is 2.60. The van der Waals surface area contributed by atoms with E-state index in [1.165, 1.54) is 13.0 Å². The van der Waals surface area contributed by atoms with Gasteiger partial charge in [-0.25, -0.2) is 8.42 Å². The molecule has 0 heterocycles. The molecule has 0 aliphatic rings. The Labute approximate surface area is 137 Å². The molecule has 1 unspecified atom stereocenters. The number of nitrogens with one attached hydrogen (secondary N) is 1. The lowest BCUT2D eigenvalue weighted by molar-refractivity contribution is -0.120. The average Bonchev–Trinajstić information content (AvgIpc) is 2.53. The molecule has 0 aliphatic heterocycles. The molecule has 0 fully saturated rings. The summed E-state index contributed by atoms with van der Waals surface area (Å²) >= 11 is 0. The van der Waals surface area contributed by atoms with Crippen LogP contribution in [0.4, 0.5) is 0 Å². The summed E-state index contributed by atoms with van der Waals surface area (Å²) in [5, 5.41) is 1.55. The lowest BCUT2D eigenvalue weighted by Gasteiger charge is -2.13. The first-order chi connectivity index (χ1) is 10.9. The SMILES string of the molecule is C=CCS(=O)(=O)C(C)C(=O)NCCc1ccc(OC)c(OC)c1. The first-order valence-electron chi connectivity index (χ1n) is 7.16. The molecule has 0 radical (unpaired) electrons. The van der Waals surface area contributed by atoms with Crippen molar-refractivity contribution in [3.8, 4) is 11.5 Å². The highest BCUT2D eigenvalue weighted by Gasteiger charge is 2.26. The van der Waals surface area contributed by atoms with Gasteiger partial charge in [0.2, 0.25) is 5.91 Å². The van der Waals surface area contributed by atoms with E-state index >= 15 is 0 Å². The first-order valence-corrected chi connectivity index (χ1v) is 8.88. The third kappa shape index (κ3) is 5.28. The van der Waals surface area contributed by atoms with Gasteiger partial charge in [-0.2, -0.15) is 0 Å². The smallest absolute Gasteiger partial charge is 0.238 e. The van der Waals surface area contributed by atoms with Crippen molar-refractivity contribution in [2.75, 3.05) is 26.5 Å². The van der Waals surface area contributed by atoms with Crippen LogP contribution in [-0.2, 0) is 21.1 Å². The van der Waals surface area contributed by atoms with Gasteiger partial charge in [0.25, 0.3) is 0 Å². The molecule has 1 rings (SSSR count). The van der Waals surface area contributed by atoms with Gasteiger partial charge in [0.15, 0.2) is 21.3 Å². The molecule has 0 saturated heterocycles. The Morgan fingerprint density at radius 2 is 1.96 bits per heavy atom. The number of hydrogen-bond acceptors (Lipinski definition) is 5. The van der Waals surface area contributed by atoms with Gasteiger partial charge in [-0.15, -0.1) is 6.58 Å². The molecule has 7 heteroatoms. The number of carbonyl (C=O) groups excluding carboxylic acids is 1. The molecule has 0 aliphatic carbocycles. The Bertz CT molecular complexity index is 654. The molecule has 0 bridgehead atoms. The van der Waals surface area contributed by atoms with E-state index < -0.39 is 21.0 Å². The lowest BCUT2D eigenvalue weighted by Crippen LogP contribution is -2.39. The Morgan fingerprint density at radius 3 is 2.52 bits per heavy atom. The maximum atomic E-state index is 11.9. The van der Waals surface area contributed by atoms with E-state index in [2.05, 4.69) is 11.9 Å². The van der Waals surface area contributed by atoms with Crippen LogP contribution in [0, 0.1) is 0 Å². The zero-order chi connectivity index (χ0) is 17.5. The molecule has 1 N–H and O–H groups in total. The normalized spacial score (nSPS) is 12.3. The topological polar surface area (TPSA) is 81.7 Å². The van der Waals surface area contributed by atoms with Crippen LogP contribution in [0.25, 0.3) is 0 Å². The van der Waals surface area contributed by atoms with Crippen molar-refractivity contribution in [1.29, 1.82) is 0 Å².